The van der Waals surface area contributed by atoms with Crippen LogP contribution in [0.2, 0.25) is 0 Å². The zero-order valence-corrected chi connectivity index (χ0v) is 11.1. The Bertz CT molecular complexity index is 709. The van der Waals surface area contributed by atoms with Gasteiger partial charge in [0.1, 0.15) is 11.6 Å². The molecule has 0 heterocycles. The molecule has 0 aliphatic heterocycles. The van der Waals surface area contributed by atoms with Gasteiger partial charge in [-0.15, -0.1) is 0 Å². The van der Waals surface area contributed by atoms with E-state index in [1.807, 2.05) is 0 Å². The van der Waals surface area contributed by atoms with Crippen molar-refractivity contribution in [2.75, 3.05) is 0 Å². The van der Waals surface area contributed by atoms with Crippen LogP contribution in [0.25, 0.3) is 6.08 Å². The van der Waals surface area contributed by atoms with E-state index in [1.165, 1.54) is 42.5 Å². The molecule has 5 heteroatoms. The molecule has 21 heavy (non-hydrogen) atoms. The zero-order valence-electron chi connectivity index (χ0n) is 11.1. The predicted octanol–water partition coefficient (Wildman–Crippen LogP) is 4.16. The Morgan fingerprint density at radius 1 is 1.24 bits per heavy atom. The number of carbonyl (C=O) groups is 1. The molecule has 0 atom stereocenters. The van der Waals surface area contributed by atoms with Gasteiger partial charge in [0.15, 0.2) is 11.6 Å². The summed E-state index contributed by atoms with van der Waals surface area (Å²) >= 11 is 0. The normalized spacial score (nSPS) is 10.8. The summed E-state index contributed by atoms with van der Waals surface area (Å²) in [5.74, 6) is -2.01. The van der Waals surface area contributed by atoms with E-state index in [2.05, 4.69) is 0 Å². The third-order valence-corrected chi connectivity index (χ3v) is 2.75. The summed E-state index contributed by atoms with van der Waals surface area (Å²) in [4.78, 5) is 10.6. The number of hydrogen-bond donors (Lipinski definition) is 1. The number of carboxylic acid groups (broad SMARTS) is 1. The highest BCUT2D eigenvalue weighted by atomic mass is 19.1. The number of ether oxygens (including phenoxy) is 1. The third-order valence-electron chi connectivity index (χ3n) is 2.75. The second kappa shape index (κ2) is 6.17. The lowest BCUT2D eigenvalue weighted by Gasteiger charge is -2.12. The molecule has 108 valence electrons. The van der Waals surface area contributed by atoms with Crippen molar-refractivity contribution >= 4 is 12.0 Å². The highest BCUT2D eigenvalue weighted by molar-refractivity contribution is 5.86. The maximum atomic E-state index is 13.9. The first-order chi connectivity index (χ1) is 9.97. The molecule has 0 aliphatic rings. The van der Waals surface area contributed by atoms with Crippen LogP contribution in [0.3, 0.4) is 0 Å². The molecule has 1 N–H and O–H groups in total. The van der Waals surface area contributed by atoms with Crippen LogP contribution < -0.4 is 4.74 Å². The van der Waals surface area contributed by atoms with Crippen LogP contribution >= 0.6 is 0 Å². The molecule has 0 aliphatic carbocycles. The largest absolute Gasteiger partial charge is 0.478 e. The average molecular weight is 290 g/mol. The number of hydrogen-bond acceptors (Lipinski definition) is 2. The fourth-order valence-corrected chi connectivity index (χ4v) is 1.76. The van der Waals surface area contributed by atoms with Crippen LogP contribution in [-0.4, -0.2) is 11.1 Å². The first kappa shape index (κ1) is 14.7. The van der Waals surface area contributed by atoms with Crippen molar-refractivity contribution in [1.82, 2.24) is 0 Å². The fourth-order valence-electron chi connectivity index (χ4n) is 1.76. The maximum absolute atomic E-state index is 13.9. The minimum Gasteiger partial charge on any atom is -0.478 e. The van der Waals surface area contributed by atoms with Gasteiger partial charge in [-0.1, -0.05) is 12.1 Å². The van der Waals surface area contributed by atoms with Crippen LogP contribution in [0, 0.1) is 18.6 Å². The van der Waals surface area contributed by atoms with Crippen LogP contribution in [0.15, 0.2) is 42.5 Å². The number of para-hydroxylation sites is 1. The van der Waals surface area contributed by atoms with Gasteiger partial charge >= 0.3 is 5.97 Å². The number of aliphatic carboxylic acids is 1. The molecule has 0 bridgehead atoms. The van der Waals surface area contributed by atoms with Gasteiger partial charge in [-0.3, -0.25) is 0 Å². The topological polar surface area (TPSA) is 46.5 Å². The standard InChI is InChI=1S/C16H12F2O3/c1-10-9-12(17)6-7-14(10)21-16-11(5-8-15(19)20)3-2-4-13(16)18/h2-9H,1H3,(H,19,20)/b8-5+. The van der Waals surface area contributed by atoms with E-state index in [0.29, 0.717) is 11.3 Å². The van der Waals surface area contributed by atoms with Crippen molar-refractivity contribution in [2.24, 2.45) is 0 Å². The van der Waals surface area contributed by atoms with E-state index in [0.717, 1.165) is 6.08 Å². The van der Waals surface area contributed by atoms with Gasteiger partial charge in [0.2, 0.25) is 0 Å². The molecule has 3 nitrogen and oxygen atoms in total. The Kier molecular flexibility index (Phi) is 4.33. The molecular weight excluding hydrogens is 278 g/mol. The lowest BCUT2D eigenvalue weighted by Crippen LogP contribution is -1.95. The van der Waals surface area contributed by atoms with E-state index in [4.69, 9.17) is 9.84 Å². The molecule has 0 aromatic heterocycles. The summed E-state index contributed by atoms with van der Waals surface area (Å²) in [7, 11) is 0. The fraction of sp³-hybridized carbons (Fsp3) is 0.0625. The second-order valence-corrected chi connectivity index (χ2v) is 4.34. The van der Waals surface area contributed by atoms with Crippen molar-refractivity contribution in [1.29, 1.82) is 0 Å². The third kappa shape index (κ3) is 3.66. The van der Waals surface area contributed by atoms with Crippen LogP contribution in [-0.2, 0) is 4.79 Å². The average Bonchev–Trinajstić information content (AvgIpc) is 2.42. The van der Waals surface area contributed by atoms with Crippen molar-refractivity contribution in [3.8, 4) is 11.5 Å². The first-order valence-electron chi connectivity index (χ1n) is 6.11. The van der Waals surface area contributed by atoms with Crippen LogP contribution in [0.5, 0.6) is 11.5 Å². The molecule has 0 radical (unpaired) electrons. The minimum atomic E-state index is -1.15. The zero-order chi connectivity index (χ0) is 15.4. The summed E-state index contributed by atoms with van der Waals surface area (Å²) in [6.07, 6.45) is 2.12. The molecule has 2 aromatic carbocycles. The van der Waals surface area contributed by atoms with E-state index in [-0.39, 0.29) is 11.3 Å². The highest BCUT2D eigenvalue weighted by Crippen LogP contribution is 2.31. The summed E-state index contributed by atoms with van der Waals surface area (Å²) < 4.78 is 32.4. The van der Waals surface area contributed by atoms with Gasteiger partial charge < -0.3 is 9.84 Å². The molecule has 0 fully saturated rings. The van der Waals surface area contributed by atoms with Gasteiger partial charge in [-0.25, -0.2) is 13.6 Å². The van der Waals surface area contributed by atoms with Gasteiger partial charge in [0.25, 0.3) is 0 Å². The maximum Gasteiger partial charge on any atom is 0.328 e. The Morgan fingerprint density at radius 2 is 2.00 bits per heavy atom. The summed E-state index contributed by atoms with van der Waals surface area (Å²) in [6, 6.07) is 8.03. The van der Waals surface area contributed by atoms with Crippen molar-refractivity contribution in [3.63, 3.8) is 0 Å². The number of carboxylic acids is 1. The van der Waals surface area contributed by atoms with Crippen molar-refractivity contribution < 1.29 is 23.4 Å². The van der Waals surface area contributed by atoms with Crippen LogP contribution in [0.4, 0.5) is 8.78 Å². The Balaban J connectivity index is 2.41. The van der Waals surface area contributed by atoms with E-state index >= 15 is 0 Å². The van der Waals surface area contributed by atoms with Gasteiger partial charge in [0.05, 0.1) is 0 Å². The lowest BCUT2D eigenvalue weighted by atomic mass is 10.1. The Morgan fingerprint density at radius 3 is 2.67 bits per heavy atom. The summed E-state index contributed by atoms with van der Waals surface area (Å²) in [6.45, 7) is 1.63. The smallest absolute Gasteiger partial charge is 0.328 e. The summed E-state index contributed by atoms with van der Waals surface area (Å²) in [5, 5.41) is 8.64. The molecule has 0 spiro atoms. The second-order valence-electron chi connectivity index (χ2n) is 4.34. The molecule has 2 rings (SSSR count). The quantitative estimate of drug-likeness (QED) is 0.860. The van der Waals surface area contributed by atoms with E-state index in [9.17, 15) is 13.6 Å². The van der Waals surface area contributed by atoms with Gasteiger partial charge in [-0.05, 0) is 42.8 Å². The summed E-state index contributed by atoms with van der Waals surface area (Å²) in [5.41, 5.74) is 0.785. The number of halogens is 2. The van der Waals surface area contributed by atoms with Gasteiger partial charge in [0, 0.05) is 11.6 Å². The highest BCUT2D eigenvalue weighted by Gasteiger charge is 2.11. The van der Waals surface area contributed by atoms with Crippen molar-refractivity contribution in [2.45, 2.75) is 6.92 Å². The number of aryl methyl sites for hydroxylation is 1. The minimum absolute atomic E-state index is 0.107. The van der Waals surface area contributed by atoms with Crippen molar-refractivity contribution in [3.05, 3.63) is 65.2 Å². The molecule has 0 saturated carbocycles. The molecule has 0 amide bonds. The van der Waals surface area contributed by atoms with E-state index in [1.54, 1.807) is 6.92 Å². The molecule has 0 saturated heterocycles. The molecule has 0 unspecified atom stereocenters. The Labute approximate surface area is 120 Å². The number of benzene rings is 2. The first-order valence-corrected chi connectivity index (χ1v) is 6.11. The molecular formula is C16H12F2O3. The number of rotatable bonds is 4. The lowest BCUT2D eigenvalue weighted by molar-refractivity contribution is -0.131. The Hall–Kier alpha value is -2.69. The monoisotopic (exact) mass is 290 g/mol. The van der Waals surface area contributed by atoms with Gasteiger partial charge in [-0.2, -0.15) is 0 Å². The van der Waals surface area contributed by atoms with E-state index < -0.39 is 17.6 Å². The SMILES string of the molecule is Cc1cc(F)ccc1Oc1c(F)cccc1/C=C/C(=O)O. The predicted molar refractivity (Wildman–Crippen MR) is 74.3 cm³/mol. The van der Waals surface area contributed by atoms with Crippen LogP contribution in [0.1, 0.15) is 11.1 Å². The molecule has 2 aromatic rings.